The molecule has 1 fully saturated rings. The van der Waals surface area contributed by atoms with Crippen LogP contribution in [0.15, 0.2) is 18.3 Å². The van der Waals surface area contributed by atoms with Crippen LogP contribution in [0.5, 0.6) is 0 Å². The molecule has 5 heteroatoms. The highest BCUT2D eigenvalue weighted by Gasteiger charge is 2.26. The first-order chi connectivity index (χ1) is 9.69. The van der Waals surface area contributed by atoms with E-state index in [1.807, 2.05) is 12.1 Å². The molecule has 2 aromatic heterocycles. The predicted octanol–water partition coefficient (Wildman–Crippen LogP) is 1.78. The van der Waals surface area contributed by atoms with Crippen molar-refractivity contribution in [2.24, 2.45) is 5.73 Å². The van der Waals surface area contributed by atoms with E-state index in [9.17, 15) is 0 Å². The summed E-state index contributed by atoms with van der Waals surface area (Å²) in [6.07, 6.45) is 4.50. The molecule has 3 heterocycles. The van der Waals surface area contributed by atoms with Crippen LogP contribution in [0, 0.1) is 0 Å². The van der Waals surface area contributed by atoms with E-state index in [4.69, 9.17) is 5.73 Å². The van der Waals surface area contributed by atoms with Gasteiger partial charge in [-0.25, -0.2) is 0 Å². The van der Waals surface area contributed by atoms with Gasteiger partial charge in [0.2, 0.25) is 0 Å². The Hall–Kier alpha value is -1.46. The molecule has 20 heavy (non-hydrogen) atoms. The van der Waals surface area contributed by atoms with Gasteiger partial charge in [0.05, 0.1) is 0 Å². The van der Waals surface area contributed by atoms with Crippen molar-refractivity contribution in [2.45, 2.75) is 45.2 Å². The van der Waals surface area contributed by atoms with Crippen molar-refractivity contribution in [1.29, 1.82) is 0 Å². The highest BCUT2D eigenvalue weighted by molar-refractivity contribution is 5.40. The molecular formula is C15H23N5. The minimum absolute atomic E-state index is 0.467. The van der Waals surface area contributed by atoms with Gasteiger partial charge in [0.1, 0.15) is 5.82 Å². The first-order valence-corrected chi connectivity index (χ1v) is 7.46. The zero-order valence-electron chi connectivity index (χ0n) is 12.3. The van der Waals surface area contributed by atoms with Gasteiger partial charge in [0.25, 0.3) is 0 Å². The Morgan fingerprint density at radius 2 is 2.20 bits per heavy atom. The molecule has 0 aromatic carbocycles. The minimum Gasteiger partial charge on any atom is -0.326 e. The van der Waals surface area contributed by atoms with Crippen LogP contribution in [0.25, 0.3) is 5.65 Å². The second kappa shape index (κ2) is 5.50. The molecule has 1 aliphatic rings. The van der Waals surface area contributed by atoms with Crippen molar-refractivity contribution in [3.63, 3.8) is 0 Å². The molecule has 2 aromatic rings. The summed E-state index contributed by atoms with van der Waals surface area (Å²) in [5, 5.41) is 8.73. The molecule has 0 saturated carbocycles. The smallest absolute Gasteiger partial charge is 0.160 e. The van der Waals surface area contributed by atoms with Gasteiger partial charge in [-0.05, 0) is 44.9 Å². The number of piperidine rings is 1. The summed E-state index contributed by atoms with van der Waals surface area (Å²) in [4.78, 5) is 2.53. The largest absolute Gasteiger partial charge is 0.326 e. The third-order valence-corrected chi connectivity index (χ3v) is 4.27. The van der Waals surface area contributed by atoms with E-state index in [-0.39, 0.29) is 0 Å². The monoisotopic (exact) mass is 273 g/mol. The van der Waals surface area contributed by atoms with Gasteiger partial charge in [-0.1, -0.05) is 6.07 Å². The summed E-state index contributed by atoms with van der Waals surface area (Å²) >= 11 is 0. The molecule has 0 amide bonds. The summed E-state index contributed by atoms with van der Waals surface area (Å²) in [6, 6.07) is 4.62. The van der Waals surface area contributed by atoms with Crippen molar-refractivity contribution in [3.8, 4) is 0 Å². The Morgan fingerprint density at radius 3 is 2.95 bits per heavy atom. The number of nitrogens with zero attached hydrogens (tertiary/aromatic N) is 4. The molecule has 3 rings (SSSR count). The van der Waals surface area contributed by atoms with E-state index in [2.05, 4.69) is 39.5 Å². The van der Waals surface area contributed by atoms with Crippen LogP contribution in [0.3, 0.4) is 0 Å². The zero-order chi connectivity index (χ0) is 14.1. The fraction of sp³-hybridized carbons (Fsp3) is 0.600. The SMILES string of the molecule is CC(C)N1CCCC(c2nnc3ccc(CN)cn23)C1. The summed E-state index contributed by atoms with van der Waals surface area (Å²) < 4.78 is 2.12. The van der Waals surface area contributed by atoms with Gasteiger partial charge in [-0.3, -0.25) is 4.40 Å². The van der Waals surface area contributed by atoms with Gasteiger partial charge in [-0.15, -0.1) is 10.2 Å². The molecule has 0 spiro atoms. The quantitative estimate of drug-likeness (QED) is 0.926. The molecule has 2 N–H and O–H groups in total. The normalized spacial score (nSPS) is 20.9. The Balaban J connectivity index is 1.93. The van der Waals surface area contributed by atoms with Crippen LogP contribution in [0.1, 0.15) is 44.0 Å². The molecular weight excluding hydrogens is 250 g/mol. The highest BCUT2D eigenvalue weighted by Crippen LogP contribution is 2.27. The minimum atomic E-state index is 0.467. The number of hydrogen-bond donors (Lipinski definition) is 1. The Morgan fingerprint density at radius 1 is 1.35 bits per heavy atom. The topological polar surface area (TPSA) is 59.5 Å². The van der Waals surface area contributed by atoms with Crippen LogP contribution < -0.4 is 5.73 Å². The molecule has 5 nitrogen and oxygen atoms in total. The molecule has 0 radical (unpaired) electrons. The number of pyridine rings is 1. The van der Waals surface area contributed by atoms with Gasteiger partial charge < -0.3 is 10.6 Å². The maximum atomic E-state index is 5.74. The maximum absolute atomic E-state index is 5.74. The predicted molar refractivity (Wildman–Crippen MR) is 79.6 cm³/mol. The number of fused-ring (bicyclic) bond motifs is 1. The zero-order valence-corrected chi connectivity index (χ0v) is 12.3. The van der Waals surface area contributed by atoms with E-state index in [0.717, 1.165) is 23.6 Å². The molecule has 1 unspecified atom stereocenters. The molecule has 108 valence electrons. The summed E-state index contributed by atoms with van der Waals surface area (Å²) in [6.45, 7) is 7.34. The van der Waals surface area contributed by atoms with E-state index in [1.54, 1.807) is 0 Å². The number of aromatic nitrogens is 3. The van der Waals surface area contributed by atoms with Crippen LogP contribution in [-0.2, 0) is 6.54 Å². The van der Waals surface area contributed by atoms with Gasteiger partial charge >= 0.3 is 0 Å². The maximum Gasteiger partial charge on any atom is 0.160 e. The first kappa shape index (κ1) is 13.5. The molecule has 1 atom stereocenters. The van der Waals surface area contributed by atoms with E-state index in [1.165, 1.54) is 19.4 Å². The number of rotatable bonds is 3. The summed E-state index contributed by atoms with van der Waals surface area (Å²) in [5.41, 5.74) is 7.77. The lowest BCUT2D eigenvalue weighted by Gasteiger charge is -2.34. The van der Waals surface area contributed by atoms with E-state index >= 15 is 0 Å². The lowest BCUT2D eigenvalue weighted by molar-refractivity contribution is 0.164. The Kier molecular flexibility index (Phi) is 3.72. The van der Waals surface area contributed by atoms with Crippen molar-refractivity contribution < 1.29 is 0 Å². The number of likely N-dealkylation sites (tertiary alicyclic amines) is 1. The number of nitrogens with two attached hydrogens (primary N) is 1. The average molecular weight is 273 g/mol. The Bertz CT molecular complexity index is 589. The van der Waals surface area contributed by atoms with Gasteiger partial charge in [-0.2, -0.15) is 0 Å². The lowest BCUT2D eigenvalue weighted by atomic mass is 9.96. The second-order valence-corrected chi connectivity index (χ2v) is 5.96. The van der Waals surface area contributed by atoms with E-state index in [0.29, 0.717) is 18.5 Å². The highest BCUT2D eigenvalue weighted by atomic mass is 15.3. The molecule has 0 aliphatic carbocycles. The van der Waals surface area contributed by atoms with Crippen LogP contribution in [0.2, 0.25) is 0 Å². The van der Waals surface area contributed by atoms with Crippen LogP contribution in [0.4, 0.5) is 0 Å². The first-order valence-electron chi connectivity index (χ1n) is 7.46. The summed E-state index contributed by atoms with van der Waals surface area (Å²) in [7, 11) is 0. The second-order valence-electron chi connectivity index (χ2n) is 5.96. The molecule has 1 saturated heterocycles. The fourth-order valence-corrected chi connectivity index (χ4v) is 3.04. The average Bonchev–Trinajstić information content (AvgIpc) is 2.90. The Labute approximate surface area is 119 Å². The molecule has 0 bridgehead atoms. The van der Waals surface area contributed by atoms with Crippen molar-refractivity contribution in [3.05, 3.63) is 29.7 Å². The van der Waals surface area contributed by atoms with E-state index < -0.39 is 0 Å². The third-order valence-electron chi connectivity index (χ3n) is 4.27. The fourth-order valence-electron chi connectivity index (χ4n) is 3.04. The standard InChI is InChI=1S/C15H23N5/c1-11(2)19-7-3-4-13(10-19)15-18-17-14-6-5-12(8-16)9-20(14)15/h5-6,9,11,13H,3-4,7-8,10,16H2,1-2H3. The van der Waals surface area contributed by atoms with Crippen LogP contribution >= 0.6 is 0 Å². The third kappa shape index (κ3) is 2.43. The summed E-state index contributed by atoms with van der Waals surface area (Å²) in [5.74, 6) is 1.55. The molecule has 1 aliphatic heterocycles. The van der Waals surface area contributed by atoms with Crippen molar-refractivity contribution in [2.75, 3.05) is 13.1 Å². The number of hydrogen-bond acceptors (Lipinski definition) is 4. The van der Waals surface area contributed by atoms with Crippen LogP contribution in [-0.4, -0.2) is 38.6 Å². The lowest BCUT2D eigenvalue weighted by Crippen LogP contribution is -2.39. The van der Waals surface area contributed by atoms with Gasteiger partial charge in [0, 0.05) is 31.2 Å². The van der Waals surface area contributed by atoms with Crippen molar-refractivity contribution in [1.82, 2.24) is 19.5 Å². The van der Waals surface area contributed by atoms with Gasteiger partial charge in [0.15, 0.2) is 5.65 Å². The van der Waals surface area contributed by atoms with Crippen molar-refractivity contribution >= 4 is 5.65 Å².